The molecule has 2 aromatic heterocycles. The Morgan fingerprint density at radius 2 is 1.94 bits per heavy atom. The Kier molecular flexibility index (Phi) is 5.53. The van der Waals surface area contributed by atoms with Crippen molar-refractivity contribution in [3.05, 3.63) is 69.8 Å². The first-order valence-electron chi connectivity index (χ1n) is 10.7. The van der Waals surface area contributed by atoms with Crippen LogP contribution in [-0.2, 0) is 29.0 Å². The predicted molar refractivity (Wildman–Crippen MR) is 122 cm³/mol. The quantitative estimate of drug-likeness (QED) is 0.641. The van der Waals surface area contributed by atoms with Crippen LogP contribution >= 0.6 is 11.3 Å². The van der Waals surface area contributed by atoms with Gasteiger partial charge in [-0.3, -0.25) is 14.4 Å². The third-order valence-electron chi connectivity index (χ3n) is 6.00. The van der Waals surface area contributed by atoms with Crippen molar-refractivity contribution in [3.8, 4) is 0 Å². The second-order valence-corrected chi connectivity index (χ2v) is 9.05. The molecule has 2 aliphatic rings. The molecular formula is C24H23N3O4S. The van der Waals surface area contributed by atoms with Crippen LogP contribution in [0.1, 0.15) is 39.2 Å². The number of benzene rings is 1. The number of fused-ring (bicyclic) bond motifs is 2. The van der Waals surface area contributed by atoms with E-state index in [-0.39, 0.29) is 30.6 Å². The fourth-order valence-corrected chi connectivity index (χ4v) is 5.19. The molecule has 0 bridgehead atoms. The molecule has 0 radical (unpaired) electrons. The van der Waals surface area contributed by atoms with Gasteiger partial charge < -0.3 is 19.5 Å². The zero-order valence-electron chi connectivity index (χ0n) is 17.5. The molecule has 3 amide bonds. The Morgan fingerprint density at radius 1 is 1.03 bits per heavy atom. The summed E-state index contributed by atoms with van der Waals surface area (Å²) in [5, 5.41) is 4.95. The normalized spacial score (nSPS) is 14.8. The van der Waals surface area contributed by atoms with Crippen molar-refractivity contribution in [1.82, 2.24) is 4.90 Å². The number of anilines is 2. The molecule has 0 aliphatic carbocycles. The van der Waals surface area contributed by atoms with Crippen LogP contribution < -0.4 is 10.2 Å². The molecule has 5 rings (SSSR count). The molecule has 0 unspecified atom stereocenters. The lowest BCUT2D eigenvalue weighted by molar-refractivity contribution is -0.133. The van der Waals surface area contributed by atoms with Gasteiger partial charge >= 0.3 is 0 Å². The summed E-state index contributed by atoms with van der Waals surface area (Å²) in [4.78, 5) is 42.5. The number of carbonyl (C=O) groups excluding carboxylic acids is 3. The maximum atomic E-state index is 12.6. The lowest BCUT2D eigenvalue weighted by atomic mass is 10.1. The van der Waals surface area contributed by atoms with Crippen LogP contribution in [0.5, 0.6) is 0 Å². The van der Waals surface area contributed by atoms with Gasteiger partial charge in [0, 0.05) is 48.7 Å². The molecule has 2 aliphatic heterocycles. The Balaban J connectivity index is 1.15. The van der Waals surface area contributed by atoms with Gasteiger partial charge in [0.15, 0.2) is 0 Å². The largest absolute Gasteiger partial charge is 0.472 e. The number of amides is 3. The summed E-state index contributed by atoms with van der Waals surface area (Å²) in [7, 11) is 0. The van der Waals surface area contributed by atoms with Gasteiger partial charge in [0.1, 0.15) is 6.26 Å². The summed E-state index contributed by atoms with van der Waals surface area (Å²) in [5.41, 5.74) is 4.28. The van der Waals surface area contributed by atoms with E-state index in [9.17, 15) is 14.4 Å². The summed E-state index contributed by atoms with van der Waals surface area (Å²) in [5.74, 6) is -0.268. The molecule has 8 heteroatoms. The molecule has 1 N–H and O–H groups in total. The lowest BCUT2D eigenvalue weighted by Crippen LogP contribution is -2.35. The van der Waals surface area contributed by atoms with Gasteiger partial charge in [0.25, 0.3) is 5.91 Å². The molecule has 0 atom stereocenters. The van der Waals surface area contributed by atoms with Gasteiger partial charge in [-0.2, -0.15) is 0 Å². The van der Waals surface area contributed by atoms with Gasteiger partial charge in [-0.05, 0) is 59.7 Å². The third kappa shape index (κ3) is 4.05. The number of rotatable bonds is 5. The van der Waals surface area contributed by atoms with E-state index in [1.54, 1.807) is 28.4 Å². The maximum absolute atomic E-state index is 12.6. The highest BCUT2D eigenvalue weighted by Gasteiger charge is 2.27. The van der Waals surface area contributed by atoms with Crippen molar-refractivity contribution in [2.24, 2.45) is 0 Å². The van der Waals surface area contributed by atoms with E-state index < -0.39 is 0 Å². The Hall–Kier alpha value is -3.39. The van der Waals surface area contributed by atoms with Crippen LogP contribution in [0.15, 0.2) is 52.7 Å². The van der Waals surface area contributed by atoms with E-state index in [0.29, 0.717) is 30.9 Å². The van der Waals surface area contributed by atoms with Crippen LogP contribution in [0.25, 0.3) is 0 Å². The maximum Gasteiger partial charge on any atom is 0.261 e. The summed E-state index contributed by atoms with van der Waals surface area (Å²) in [6, 6.07) is 9.28. The molecule has 0 fully saturated rings. The van der Waals surface area contributed by atoms with Crippen molar-refractivity contribution in [2.75, 3.05) is 23.3 Å². The first-order chi connectivity index (χ1) is 15.6. The summed E-state index contributed by atoms with van der Waals surface area (Å²) in [6.07, 6.45) is 4.88. The van der Waals surface area contributed by atoms with Crippen LogP contribution in [0, 0.1) is 0 Å². The van der Waals surface area contributed by atoms with Gasteiger partial charge in [0.05, 0.1) is 11.8 Å². The summed E-state index contributed by atoms with van der Waals surface area (Å²) in [6.45, 7) is 1.94. The van der Waals surface area contributed by atoms with E-state index >= 15 is 0 Å². The fraction of sp³-hybridized carbons (Fsp3) is 0.292. The van der Waals surface area contributed by atoms with Gasteiger partial charge in [-0.15, -0.1) is 11.3 Å². The van der Waals surface area contributed by atoms with E-state index in [1.165, 1.54) is 23.0 Å². The minimum Gasteiger partial charge on any atom is -0.472 e. The van der Waals surface area contributed by atoms with Crippen LogP contribution in [0.4, 0.5) is 11.4 Å². The number of nitrogens with one attached hydrogen (secondary N) is 1. The standard InChI is InChI=1S/C24H23N3O4S/c28-22(3-4-23(29)26-9-6-21-17(14-26)8-12-32-21)25-19-1-2-20-16(13-19)5-10-27(20)24(30)18-7-11-31-15-18/h1-2,7-8,11-13,15H,3-6,9-10,14H2,(H,25,28). The van der Waals surface area contributed by atoms with Crippen molar-refractivity contribution in [2.45, 2.75) is 32.2 Å². The number of hydrogen-bond acceptors (Lipinski definition) is 5. The van der Waals surface area contributed by atoms with Crippen molar-refractivity contribution in [3.63, 3.8) is 0 Å². The molecular weight excluding hydrogens is 426 g/mol. The second-order valence-electron chi connectivity index (χ2n) is 8.04. The summed E-state index contributed by atoms with van der Waals surface area (Å²) < 4.78 is 5.01. The van der Waals surface area contributed by atoms with Crippen molar-refractivity contribution in [1.29, 1.82) is 0 Å². The molecule has 4 heterocycles. The van der Waals surface area contributed by atoms with Crippen LogP contribution in [0.2, 0.25) is 0 Å². The number of hydrogen-bond donors (Lipinski definition) is 1. The van der Waals surface area contributed by atoms with Crippen LogP contribution in [-0.4, -0.2) is 35.7 Å². The minimum atomic E-state index is -0.184. The molecule has 1 aromatic carbocycles. The van der Waals surface area contributed by atoms with Crippen molar-refractivity contribution < 1.29 is 18.8 Å². The highest BCUT2D eigenvalue weighted by Crippen LogP contribution is 2.32. The molecule has 3 aromatic rings. The lowest BCUT2D eigenvalue weighted by Gasteiger charge is -2.27. The first kappa shape index (κ1) is 20.5. The van der Waals surface area contributed by atoms with E-state index in [0.717, 1.165) is 24.1 Å². The average molecular weight is 450 g/mol. The Labute approximate surface area is 189 Å². The average Bonchev–Trinajstić information content (AvgIpc) is 3.56. The summed E-state index contributed by atoms with van der Waals surface area (Å²) >= 11 is 1.74. The highest BCUT2D eigenvalue weighted by atomic mass is 32.1. The molecule has 0 saturated heterocycles. The molecule has 32 heavy (non-hydrogen) atoms. The number of thiophene rings is 1. The number of nitrogens with zero attached hydrogens (tertiary/aromatic N) is 2. The Bertz CT molecular complexity index is 1170. The molecule has 164 valence electrons. The topological polar surface area (TPSA) is 82.9 Å². The van der Waals surface area contributed by atoms with Gasteiger partial charge in [-0.25, -0.2) is 0 Å². The fourth-order valence-electron chi connectivity index (χ4n) is 4.30. The van der Waals surface area contributed by atoms with E-state index in [2.05, 4.69) is 16.8 Å². The van der Waals surface area contributed by atoms with Crippen LogP contribution in [0.3, 0.4) is 0 Å². The van der Waals surface area contributed by atoms with E-state index in [4.69, 9.17) is 4.42 Å². The molecule has 7 nitrogen and oxygen atoms in total. The highest BCUT2D eigenvalue weighted by molar-refractivity contribution is 7.10. The van der Waals surface area contributed by atoms with Crippen molar-refractivity contribution >= 4 is 40.4 Å². The number of furan rings is 1. The number of carbonyl (C=O) groups is 3. The predicted octanol–water partition coefficient (Wildman–Crippen LogP) is 3.85. The third-order valence-corrected chi connectivity index (χ3v) is 7.02. The zero-order chi connectivity index (χ0) is 22.1. The minimum absolute atomic E-state index is 0.0133. The van der Waals surface area contributed by atoms with E-state index in [1.807, 2.05) is 17.0 Å². The van der Waals surface area contributed by atoms with Gasteiger partial charge in [-0.1, -0.05) is 0 Å². The molecule has 0 spiro atoms. The molecule has 0 saturated carbocycles. The van der Waals surface area contributed by atoms with Gasteiger partial charge in [0.2, 0.25) is 11.8 Å². The SMILES string of the molecule is O=C(CCC(=O)N1CCc2sccc2C1)Nc1ccc2c(c1)CCN2C(=O)c1ccoc1. The second kappa shape index (κ2) is 8.63. The first-order valence-corrected chi connectivity index (χ1v) is 11.6. The Morgan fingerprint density at radius 3 is 2.78 bits per heavy atom. The zero-order valence-corrected chi connectivity index (χ0v) is 18.3. The smallest absolute Gasteiger partial charge is 0.261 e. The monoisotopic (exact) mass is 449 g/mol.